The molecule has 0 spiro atoms. The molecule has 1 unspecified atom stereocenters. The molecular formula is C44H52F2O8. The maximum absolute atomic E-state index is 14.6. The van der Waals surface area contributed by atoms with Gasteiger partial charge < -0.3 is 28.8 Å². The number of benzene rings is 3. The highest BCUT2D eigenvalue weighted by molar-refractivity contribution is 5.95. The summed E-state index contributed by atoms with van der Waals surface area (Å²) >= 11 is 0. The first-order valence-electron chi connectivity index (χ1n) is 19.5. The Labute approximate surface area is 316 Å². The lowest BCUT2D eigenvalue weighted by atomic mass is 9.80. The Balaban J connectivity index is 1.44. The third kappa shape index (κ3) is 10.3. The molecule has 3 fully saturated rings. The minimum absolute atomic E-state index is 0.0414. The van der Waals surface area contributed by atoms with Crippen LogP contribution >= 0.6 is 0 Å². The third-order valence-corrected chi connectivity index (χ3v) is 10.6. The fraction of sp³-hybridized carbons (Fsp3) is 0.500. The Bertz CT molecular complexity index is 1740. The maximum atomic E-state index is 14.6. The van der Waals surface area contributed by atoms with E-state index >= 15 is 0 Å². The summed E-state index contributed by atoms with van der Waals surface area (Å²) in [6.45, 7) is 4.72. The van der Waals surface area contributed by atoms with Gasteiger partial charge in [0.1, 0.15) is 18.5 Å². The molecule has 1 N–H and O–H groups in total. The summed E-state index contributed by atoms with van der Waals surface area (Å²) in [6, 6.07) is 14.8. The molecule has 3 aliphatic rings. The number of halogens is 2. The number of rotatable bonds is 15. The molecule has 5 atom stereocenters. The first kappa shape index (κ1) is 39.6. The van der Waals surface area contributed by atoms with Gasteiger partial charge in [-0.05, 0) is 129 Å². The minimum Gasteiger partial charge on any atom is -0.487 e. The zero-order valence-electron chi connectivity index (χ0n) is 31.3. The van der Waals surface area contributed by atoms with Crippen molar-refractivity contribution in [1.29, 1.82) is 0 Å². The van der Waals surface area contributed by atoms with Crippen LogP contribution < -0.4 is 4.74 Å². The van der Waals surface area contributed by atoms with Crippen LogP contribution in [-0.2, 0) is 30.2 Å². The predicted octanol–water partition coefficient (Wildman–Crippen LogP) is 9.67. The van der Waals surface area contributed by atoms with E-state index in [0.29, 0.717) is 50.4 Å². The molecule has 2 heterocycles. The van der Waals surface area contributed by atoms with Crippen LogP contribution in [-0.4, -0.2) is 61.5 Å². The molecule has 54 heavy (non-hydrogen) atoms. The highest BCUT2D eigenvalue weighted by Gasteiger charge is 2.40. The van der Waals surface area contributed by atoms with Crippen molar-refractivity contribution in [3.8, 4) is 16.9 Å². The topological polar surface area (TPSA) is 101 Å². The van der Waals surface area contributed by atoms with Crippen molar-refractivity contribution in [3.05, 3.63) is 94.6 Å². The molecule has 0 bridgehead atoms. The average Bonchev–Trinajstić information content (AvgIpc) is 3.43. The highest BCUT2D eigenvalue weighted by atomic mass is 19.1. The van der Waals surface area contributed by atoms with Crippen molar-refractivity contribution in [3.63, 3.8) is 0 Å². The lowest BCUT2D eigenvalue weighted by Crippen LogP contribution is -2.30. The largest absolute Gasteiger partial charge is 0.487 e. The van der Waals surface area contributed by atoms with Gasteiger partial charge in [0.15, 0.2) is 17.9 Å². The summed E-state index contributed by atoms with van der Waals surface area (Å²) < 4.78 is 58.5. The third-order valence-electron chi connectivity index (χ3n) is 10.6. The maximum Gasteiger partial charge on any atom is 0.336 e. The summed E-state index contributed by atoms with van der Waals surface area (Å²) in [6.07, 6.45) is 10.4. The van der Waals surface area contributed by atoms with Crippen LogP contribution in [0.3, 0.4) is 0 Å². The SMILES string of the molecule is CC(C)OC(=O)CCCc1cc(-c2ccccc2)c(/C=C/[C@H](COc2cc(F)ccc2F)OC2CCCCO2)c([C@@H]2C[C@H]3CCCCO[C@H]3C2)c1C(=O)O. The number of aryl methyl sites for hydroxylation is 1. The fourth-order valence-electron chi connectivity index (χ4n) is 8.12. The molecule has 290 valence electrons. The van der Waals surface area contributed by atoms with Crippen LogP contribution in [0, 0.1) is 17.6 Å². The Morgan fingerprint density at radius 1 is 0.963 bits per heavy atom. The van der Waals surface area contributed by atoms with Crippen LogP contribution in [0.2, 0.25) is 0 Å². The molecule has 2 saturated heterocycles. The van der Waals surface area contributed by atoms with Gasteiger partial charge in [-0.3, -0.25) is 4.79 Å². The molecule has 0 radical (unpaired) electrons. The molecule has 0 aromatic heterocycles. The second-order valence-electron chi connectivity index (χ2n) is 14.9. The van der Waals surface area contributed by atoms with Gasteiger partial charge >= 0.3 is 11.9 Å². The number of esters is 1. The van der Waals surface area contributed by atoms with E-state index < -0.39 is 30.0 Å². The van der Waals surface area contributed by atoms with Crippen LogP contribution in [0.1, 0.15) is 111 Å². The van der Waals surface area contributed by atoms with E-state index in [1.807, 2.05) is 48.6 Å². The summed E-state index contributed by atoms with van der Waals surface area (Å²) in [5.74, 6) is -2.67. The van der Waals surface area contributed by atoms with E-state index in [4.69, 9.17) is 23.7 Å². The number of ether oxygens (including phenoxy) is 5. The Morgan fingerprint density at radius 3 is 2.48 bits per heavy atom. The lowest BCUT2D eigenvalue weighted by molar-refractivity contribution is -0.182. The summed E-state index contributed by atoms with van der Waals surface area (Å²) in [4.78, 5) is 25.9. The molecule has 3 aromatic rings. The standard InChI is InChI=1S/C44H52F2O8/c1-28(2)53-40(47)15-10-14-31-24-36(29-11-4-3-5-12-29)35(42(43(31)44(48)49)32-23-30-13-6-8-21-50-38(30)25-32)19-18-34(54-41-16-7-9-22-51-41)27-52-39-26-33(45)17-20-37(39)46/h3-5,11-12,17-20,24,26,28,30,32,34,38,41H,6-10,13-16,21-23,25,27H2,1-2H3,(H,48,49)/b19-18+/t30-,32-,34-,38+,41?/m1/s1. The van der Waals surface area contributed by atoms with Crippen molar-refractivity contribution in [2.24, 2.45) is 5.92 Å². The normalized spacial score (nSPS) is 22.2. The van der Waals surface area contributed by atoms with Gasteiger partial charge in [-0.2, -0.15) is 0 Å². The number of hydrogen-bond acceptors (Lipinski definition) is 7. The molecule has 3 aromatic carbocycles. The molecule has 6 rings (SSSR count). The molecule has 1 aliphatic carbocycles. The van der Waals surface area contributed by atoms with Crippen LogP contribution in [0.4, 0.5) is 8.78 Å². The van der Waals surface area contributed by atoms with Gasteiger partial charge in [0.2, 0.25) is 0 Å². The number of carbonyl (C=O) groups excluding carboxylic acids is 1. The van der Waals surface area contributed by atoms with Gasteiger partial charge in [-0.25, -0.2) is 13.6 Å². The van der Waals surface area contributed by atoms with Crippen LogP contribution in [0.15, 0.2) is 60.7 Å². The van der Waals surface area contributed by atoms with E-state index in [9.17, 15) is 23.5 Å². The summed E-state index contributed by atoms with van der Waals surface area (Å²) in [7, 11) is 0. The second-order valence-corrected chi connectivity index (χ2v) is 14.9. The molecule has 1 saturated carbocycles. The Kier molecular flexibility index (Phi) is 13.9. The Hall–Kier alpha value is -4.12. The van der Waals surface area contributed by atoms with Gasteiger partial charge in [0.05, 0.1) is 17.8 Å². The first-order valence-corrected chi connectivity index (χ1v) is 19.5. The fourth-order valence-corrected chi connectivity index (χ4v) is 8.12. The second kappa shape index (κ2) is 19.0. The predicted molar refractivity (Wildman–Crippen MR) is 201 cm³/mol. The highest BCUT2D eigenvalue weighted by Crippen LogP contribution is 2.48. The van der Waals surface area contributed by atoms with Gasteiger partial charge in [0, 0.05) is 25.7 Å². The summed E-state index contributed by atoms with van der Waals surface area (Å²) in [5, 5.41) is 11.0. The van der Waals surface area contributed by atoms with E-state index in [2.05, 4.69) is 0 Å². The van der Waals surface area contributed by atoms with E-state index in [-0.39, 0.29) is 48.4 Å². The van der Waals surface area contributed by atoms with E-state index in [1.165, 1.54) is 0 Å². The lowest BCUT2D eigenvalue weighted by Gasteiger charge is -2.27. The van der Waals surface area contributed by atoms with Crippen molar-refractivity contribution in [1.82, 2.24) is 0 Å². The van der Waals surface area contributed by atoms with Crippen molar-refractivity contribution in [2.75, 3.05) is 19.8 Å². The van der Waals surface area contributed by atoms with Crippen molar-refractivity contribution >= 4 is 18.0 Å². The van der Waals surface area contributed by atoms with E-state index in [1.54, 1.807) is 13.8 Å². The number of carboxylic acids is 1. The van der Waals surface area contributed by atoms with E-state index in [0.717, 1.165) is 79.0 Å². The van der Waals surface area contributed by atoms with Crippen molar-refractivity contribution < 1.29 is 47.2 Å². The van der Waals surface area contributed by atoms with Crippen LogP contribution in [0.25, 0.3) is 17.2 Å². The van der Waals surface area contributed by atoms with Gasteiger partial charge in [-0.15, -0.1) is 0 Å². The van der Waals surface area contributed by atoms with Gasteiger partial charge in [-0.1, -0.05) is 48.9 Å². The summed E-state index contributed by atoms with van der Waals surface area (Å²) in [5.41, 5.74) is 4.15. The van der Waals surface area contributed by atoms with Gasteiger partial charge in [0.25, 0.3) is 0 Å². The monoisotopic (exact) mass is 746 g/mol. The molecule has 8 nitrogen and oxygen atoms in total. The van der Waals surface area contributed by atoms with Crippen LogP contribution in [0.5, 0.6) is 5.75 Å². The molecule has 10 heteroatoms. The number of aromatic carboxylic acids is 1. The number of carboxylic acid groups (broad SMARTS) is 1. The zero-order chi connectivity index (χ0) is 38.0. The molecular weight excluding hydrogens is 694 g/mol. The van der Waals surface area contributed by atoms with Crippen molar-refractivity contribution in [2.45, 2.75) is 115 Å². The number of carbonyl (C=O) groups is 2. The first-order chi connectivity index (χ1) is 26.2. The quantitative estimate of drug-likeness (QED) is 0.154. The number of fused-ring (bicyclic) bond motifs is 1. The minimum atomic E-state index is -1.03. The molecule has 2 aliphatic heterocycles. The zero-order valence-corrected chi connectivity index (χ0v) is 31.3. The average molecular weight is 747 g/mol. The smallest absolute Gasteiger partial charge is 0.336 e. The number of hydrogen-bond donors (Lipinski definition) is 1. The molecule has 0 amide bonds. The Morgan fingerprint density at radius 2 is 1.74 bits per heavy atom.